The van der Waals surface area contributed by atoms with Gasteiger partial charge in [0, 0.05) is 53.4 Å². The van der Waals surface area contributed by atoms with Crippen LogP contribution in [0.4, 0.5) is 0 Å². The zero-order valence-corrected chi connectivity index (χ0v) is 23.3. The van der Waals surface area contributed by atoms with Gasteiger partial charge in [-0.1, -0.05) is 0 Å². The van der Waals surface area contributed by atoms with Crippen molar-refractivity contribution in [1.82, 2.24) is 23.7 Å². The molecule has 9 heteroatoms. The van der Waals surface area contributed by atoms with Gasteiger partial charge in [-0.15, -0.1) is 22.7 Å². The molecule has 4 aliphatic rings. The highest BCUT2D eigenvalue weighted by Gasteiger charge is 2.54. The van der Waals surface area contributed by atoms with E-state index in [4.69, 9.17) is 9.97 Å². The van der Waals surface area contributed by atoms with Crippen molar-refractivity contribution in [3.05, 3.63) is 66.4 Å². The Morgan fingerprint density at radius 1 is 0.865 bits per heavy atom. The Morgan fingerprint density at radius 2 is 1.30 bits per heavy atom. The van der Waals surface area contributed by atoms with Gasteiger partial charge in [-0.3, -0.25) is 23.3 Å². The molecule has 4 aromatic rings. The summed E-state index contributed by atoms with van der Waals surface area (Å²) in [4.78, 5) is 39.7. The maximum Gasteiger partial charge on any atom is 0.259 e. The number of rotatable bonds is 6. The number of nitrogens with zero attached hydrogens (tertiary/aromatic N) is 5. The highest BCUT2D eigenvalue weighted by Crippen LogP contribution is 2.62. The first-order chi connectivity index (χ1) is 17.8. The Kier molecular flexibility index (Phi) is 5.50. The summed E-state index contributed by atoms with van der Waals surface area (Å²) in [6.45, 7) is 7.43. The smallest absolute Gasteiger partial charge is 0.259 e. The molecule has 4 saturated carbocycles. The van der Waals surface area contributed by atoms with Gasteiger partial charge in [0.25, 0.3) is 11.1 Å². The minimum Gasteiger partial charge on any atom is -0.288 e. The quantitative estimate of drug-likeness (QED) is 0.346. The van der Waals surface area contributed by atoms with Crippen LogP contribution in [0.3, 0.4) is 0 Å². The molecule has 0 saturated heterocycles. The van der Waals surface area contributed by atoms with Crippen LogP contribution in [0.1, 0.15) is 68.2 Å². The molecular formula is C28H33N5O2S2. The summed E-state index contributed by atoms with van der Waals surface area (Å²) in [7, 11) is 0. The van der Waals surface area contributed by atoms with Crippen molar-refractivity contribution in [1.29, 1.82) is 0 Å². The first-order valence-corrected chi connectivity index (χ1v) is 15.2. The molecule has 7 nitrogen and oxygen atoms in total. The van der Waals surface area contributed by atoms with Crippen molar-refractivity contribution < 1.29 is 0 Å². The molecule has 0 amide bonds. The molecule has 4 bridgehead atoms. The van der Waals surface area contributed by atoms with E-state index in [0.29, 0.717) is 24.5 Å². The molecule has 0 radical (unpaired) electrons. The third-order valence-electron chi connectivity index (χ3n) is 9.51. The number of thiazole rings is 2. The second-order valence-corrected chi connectivity index (χ2v) is 13.7. The van der Waals surface area contributed by atoms with E-state index < -0.39 is 0 Å². The van der Waals surface area contributed by atoms with Gasteiger partial charge in [-0.05, 0) is 82.5 Å². The van der Waals surface area contributed by atoms with E-state index in [-0.39, 0.29) is 11.1 Å². The highest BCUT2D eigenvalue weighted by atomic mass is 32.1. The van der Waals surface area contributed by atoms with E-state index in [9.17, 15) is 9.59 Å². The molecule has 4 heterocycles. The van der Waals surface area contributed by atoms with Crippen molar-refractivity contribution in [2.75, 3.05) is 0 Å². The number of hydrogen-bond acceptors (Lipinski definition) is 7. The van der Waals surface area contributed by atoms with Crippen LogP contribution in [0.5, 0.6) is 0 Å². The zero-order chi connectivity index (χ0) is 25.5. The molecule has 37 heavy (non-hydrogen) atoms. The van der Waals surface area contributed by atoms with Gasteiger partial charge >= 0.3 is 0 Å². The molecule has 8 rings (SSSR count). The summed E-state index contributed by atoms with van der Waals surface area (Å²) in [5, 5.41) is 3.97. The van der Waals surface area contributed by atoms with Gasteiger partial charge < -0.3 is 0 Å². The molecular weight excluding hydrogens is 502 g/mol. The maximum absolute atomic E-state index is 13.0. The van der Waals surface area contributed by atoms with Crippen LogP contribution in [0.15, 0.2) is 32.5 Å². The van der Waals surface area contributed by atoms with Crippen LogP contribution in [0.25, 0.3) is 9.92 Å². The number of aromatic nitrogens is 4. The van der Waals surface area contributed by atoms with Crippen LogP contribution >= 0.6 is 22.7 Å². The van der Waals surface area contributed by atoms with E-state index >= 15 is 0 Å². The van der Waals surface area contributed by atoms with Gasteiger partial charge in [0.1, 0.15) is 0 Å². The molecule has 4 fully saturated rings. The van der Waals surface area contributed by atoms with Gasteiger partial charge in [-0.25, -0.2) is 9.97 Å². The second-order valence-electron chi connectivity index (χ2n) is 12.0. The van der Waals surface area contributed by atoms with Crippen molar-refractivity contribution in [2.45, 2.75) is 78.4 Å². The Morgan fingerprint density at radius 3 is 1.73 bits per heavy atom. The number of fused-ring (bicyclic) bond motifs is 2. The van der Waals surface area contributed by atoms with Crippen molar-refractivity contribution >= 4 is 32.6 Å². The Labute approximate surface area is 223 Å². The van der Waals surface area contributed by atoms with Crippen LogP contribution in [0, 0.1) is 37.0 Å². The molecule has 1 atom stereocenters. The monoisotopic (exact) mass is 535 g/mol. The average Bonchev–Trinajstić information content (AvgIpc) is 3.40. The van der Waals surface area contributed by atoms with Crippen molar-refractivity contribution in [2.24, 2.45) is 23.2 Å². The van der Waals surface area contributed by atoms with Crippen LogP contribution in [0.2, 0.25) is 0 Å². The Balaban J connectivity index is 1.27. The van der Waals surface area contributed by atoms with Gasteiger partial charge in [0.15, 0.2) is 9.92 Å². The largest absolute Gasteiger partial charge is 0.288 e. The van der Waals surface area contributed by atoms with Crippen LogP contribution in [-0.4, -0.2) is 29.7 Å². The van der Waals surface area contributed by atoms with E-state index in [1.54, 1.807) is 20.9 Å². The fraction of sp³-hybridized carbons (Fsp3) is 0.571. The summed E-state index contributed by atoms with van der Waals surface area (Å²) in [5.41, 5.74) is 3.70. The number of aryl methyl sites for hydroxylation is 2. The fourth-order valence-corrected chi connectivity index (χ4v) is 9.97. The summed E-state index contributed by atoms with van der Waals surface area (Å²) >= 11 is 3.03. The highest BCUT2D eigenvalue weighted by molar-refractivity contribution is 7.15. The first-order valence-electron chi connectivity index (χ1n) is 13.5. The molecule has 1 unspecified atom stereocenters. The summed E-state index contributed by atoms with van der Waals surface area (Å²) < 4.78 is 3.38. The first kappa shape index (κ1) is 23.7. The molecule has 4 aromatic heterocycles. The molecule has 194 valence electrons. The molecule has 0 aromatic carbocycles. The summed E-state index contributed by atoms with van der Waals surface area (Å²) in [6, 6.07) is 3.71. The predicted octanol–water partition coefficient (Wildman–Crippen LogP) is 5.05. The van der Waals surface area contributed by atoms with Crippen LogP contribution in [-0.2, 0) is 13.1 Å². The van der Waals surface area contributed by atoms with E-state index in [0.717, 1.165) is 50.5 Å². The molecule has 0 N–H and O–H groups in total. The maximum atomic E-state index is 13.0. The fourth-order valence-electron chi connectivity index (χ4n) is 8.19. The topological polar surface area (TPSA) is 72.0 Å². The summed E-state index contributed by atoms with van der Waals surface area (Å²) in [6.07, 6.45) is 8.13. The Bertz CT molecular complexity index is 1500. The standard InChI is InChI=1S/C28H33N5O2S2/c1-16-14-36-26-29-22(7-24(34)32(16)26)12-31(13-23-8-25(35)33-17(2)15-37-27(33)30-23)18(3)28-9-19-4-20(10-28)6-21(5-19)11-28/h7-8,14-15,18-21H,4-6,9-13H2,1-3H3. The van der Waals surface area contributed by atoms with E-state index in [1.165, 1.54) is 61.2 Å². The predicted molar refractivity (Wildman–Crippen MR) is 147 cm³/mol. The third kappa shape index (κ3) is 3.92. The molecule has 4 aliphatic carbocycles. The SMILES string of the molecule is Cc1csc2nc(CN(Cc3cc(=O)n4c(C)csc4n3)C(C)C34CC5CC(CC(C5)C3)C4)cc(=O)n12. The van der Waals surface area contributed by atoms with Crippen molar-refractivity contribution in [3.8, 4) is 0 Å². The minimum absolute atomic E-state index is 0.0204. The van der Waals surface area contributed by atoms with E-state index in [1.807, 2.05) is 24.6 Å². The molecule has 0 aliphatic heterocycles. The Hall–Kier alpha value is -2.36. The normalized spacial score (nSPS) is 27.6. The minimum atomic E-state index is -0.0204. The lowest BCUT2D eigenvalue weighted by Crippen LogP contribution is -2.55. The molecule has 0 spiro atoms. The van der Waals surface area contributed by atoms with Crippen LogP contribution < -0.4 is 11.1 Å². The lowest BCUT2D eigenvalue weighted by molar-refractivity contribution is -0.100. The zero-order valence-electron chi connectivity index (χ0n) is 21.6. The average molecular weight is 536 g/mol. The second kappa shape index (κ2) is 8.58. The summed E-state index contributed by atoms with van der Waals surface area (Å²) in [5.74, 6) is 2.57. The third-order valence-corrected chi connectivity index (χ3v) is 11.4. The lowest BCUT2D eigenvalue weighted by atomic mass is 9.47. The van der Waals surface area contributed by atoms with Crippen molar-refractivity contribution in [3.63, 3.8) is 0 Å². The van der Waals surface area contributed by atoms with Gasteiger partial charge in [0.05, 0.1) is 11.4 Å². The van der Waals surface area contributed by atoms with E-state index in [2.05, 4.69) is 11.8 Å². The number of hydrogen-bond donors (Lipinski definition) is 0. The van der Waals surface area contributed by atoms with Gasteiger partial charge in [0.2, 0.25) is 0 Å². The van der Waals surface area contributed by atoms with Gasteiger partial charge in [-0.2, -0.15) is 0 Å². The lowest BCUT2D eigenvalue weighted by Gasteiger charge is -2.60.